The van der Waals surface area contributed by atoms with Crippen LogP contribution in [0, 0.1) is 0 Å². The van der Waals surface area contributed by atoms with E-state index in [4.69, 9.17) is 4.74 Å². The van der Waals surface area contributed by atoms with Crippen LogP contribution < -0.4 is 5.32 Å². The van der Waals surface area contributed by atoms with Gasteiger partial charge >= 0.3 is 0 Å². The first-order valence-electron chi connectivity index (χ1n) is 7.63. The maximum atomic E-state index is 5.36. The van der Waals surface area contributed by atoms with Gasteiger partial charge in [-0.2, -0.15) is 10.2 Å². The normalized spacial score (nSPS) is 16.0. The highest BCUT2D eigenvalue weighted by Gasteiger charge is 2.11. The number of rotatable bonds is 5. The van der Waals surface area contributed by atoms with Crippen molar-refractivity contribution < 1.29 is 4.74 Å². The number of morpholine rings is 1. The zero-order valence-corrected chi connectivity index (χ0v) is 12.6. The third-order valence-corrected chi connectivity index (χ3v) is 3.88. The summed E-state index contributed by atoms with van der Waals surface area (Å²) in [6, 6.07) is 1.94. The van der Waals surface area contributed by atoms with Crippen molar-refractivity contribution in [1.82, 2.24) is 34.8 Å². The van der Waals surface area contributed by atoms with Gasteiger partial charge < -0.3 is 10.1 Å². The Bertz CT molecular complexity index is 776. The average molecular weight is 314 g/mol. The lowest BCUT2D eigenvalue weighted by Gasteiger charge is -2.26. The molecule has 9 nitrogen and oxygen atoms in total. The number of aromatic nitrogens is 6. The lowest BCUT2D eigenvalue weighted by atomic mass is 10.4. The van der Waals surface area contributed by atoms with Crippen LogP contribution in [0.1, 0.15) is 0 Å². The summed E-state index contributed by atoms with van der Waals surface area (Å²) in [6.07, 6.45) is 5.17. The van der Waals surface area contributed by atoms with Gasteiger partial charge in [-0.05, 0) is 0 Å². The van der Waals surface area contributed by atoms with Crippen LogP contribution in [0.3, 0.4) is 0 Å². The van der Waals surface area contributed by atoms with Crippen LogP contribution in [-0.2, 0) is 11.3 Å². The van der Waals surface area contributed by atoms with Crippen molar-refractivity contribution in [3.63, 3.8) is 0 Å². The van der Waals surface area contributed by atoms with Gasteiger partial charge in [0.05, 0.1) is 31.3 Å². The summed E-state index contributed by atoms with van der Waals surface area (Å²) in [5.41, 5.74) is 0.703. The van der Waals surface area contributed by atoms with E-state index in [1.54, 1.807) is 6.20 Å². The molecule has 0 aliphatic carbocycles. The SMILES string of the molecule is c1nc(Nc2ccn(CCN3CCOCC3)n2)c2cn[nH]c2n1. The molecule has 0 bridgehead atoms. The van der Waals surface area contributed by atoms with Crippen LogP contribution in [0.4, 0.5) is 11.6 Å². The number of ether oxygens (including phenoxy) is 1. The summed E-state index contributed by atoms with van der Waals surface area (Å²) in [5.74, 6) is 1.45. The first-order valence-corrected chi connectivity index (χ1v) is 7.63. The van der Waals surface area contributed by atoms with Gasteiger partial charge in [0.25, 0.3) is 0 Å². The minimum Gasteiger partial charge on any atom is -0.379 e. The Labute approximate surface area is 132 Å². The molecule has 0 saturated carbocycles. The van der Waals surface area contributed by atoms with Gasteiger partial charge in [-0.1, -0.05) is 0 Å². The molecule has 1 aliphatic rings. The number of aromatic amines is 1. The predicted molar refractivity (Wildman–Crippen MR) is 84.5 cm³/mol. The van der Waals surface area contributed by atoms with E-state index in [-0.39, 0.29) is 0 Å². The van der Waals surface area contributed by atoms with E-state index in [2.05, 4.69) is 35.5 Å². The zero-order valence-electron chi connectivity index (χ0n) is 12.6. The molecular weight excluding hydrogens is 296 g/mol. The number of hydrogen-bond acceptors (Lipinski definition) is 7. The molecule has 4 rings (SSSR count). The standard InChI is InChI=1S/C14H18N8O/c1-2-22(4-3-21-5-7-23-8-6-21)20-12(1)18-13-11-9-17-19-14(11)16-10-15-13/h1-2,9-10H,3-8H2,(H2,15,16,17,18,19,20). The summed E-state index contributed by atoms with van der Waals surface area (Å²) in [5, 5.41) is 15.4. The molecule has 0 amide bonds. The predicted octanol–water partition coefficient (Wildman–Crippen LogP) is 0.625. The molecular formula is C14H18N8O. The Morgan fingerprint density at radius 1 is 1.22 bits per heavy atom. The number of nitrogens with one attached hydrogen (secondary N) is 2. The molecule has 3 aromatic rings. The molecule has 9 heteroatoms. The number of anilines is 2. The van der Waals surface area contributed by atoms with Crippen molar-refractivity contribution in [1.29, 1.82) is 0 Å². The monoisotopic (exact) mass is 314 g/mol. The van der Waals surface area contributed by atoms with Crippen molar-refractivity contribution in [2.75, 3.05) is 38.2 Å². The van der Waals surface area contributed by atoms with E-state index in [1.807, 2.05) is 16.9 Å². The molecule has 0 aromatic carbocycles. The third-order valence-electron chi connectivity index (χ3n) is 3.88. The molecule has 1 saturated heterocycles. The Morgan fingerprint density at radius 2 is 2.13 bits per heavy atom. The fraction of sp³-hybridized carbons (Fsp3) is 0.429. The van der Waals surface area contributed by atoms with Crippen molar-refractivity contribution >= 4 is 22.7 Å². The van der Waals surface area contributed by atoms with Crippen molar-refractivity contribution in [2.24, 2.45) is 0 Å². The molecule has 2 N–H and O–H groups in total. The molecule has 1 fully saturated rings. The van der Waals surface area contributed by atoms with Gasteiger partial charge in [-0.25, -0.2) is 9.97 Å². The molecule has 3 aromatic heterocycles. The highest BCUT2D eigenvalue weighted by atomic mass is 16.5. The highest BCUT2D eigenvalue weighted by molar-refractivity contribution is 5.87. The maximum absolute atomic E-state index is 5.36. The summed E-state index contributed by atoms with van der Waals surface area (Å²) in [6.45, 7) is 5.45. The molecule has 4 heterocycles. The Balaban J connectivity index is 1.40. The summed E-state index contributed by atoms with van der Waals surface area (Å²) >= 11 is 0. The van der Waals surface area contributed by atoms with Gasteiger partial charge in [-0.15, -0.1) is 0 Å². The van der Waals surface area contributed by atoms with Gasteiger partial charge in [0.2, 0.25) is 0 Å². The summed E-state index contributed by atoms with van der Waals surface area (Å²) < 4.78 is 7.29. The van der Waals surface area contributed by atoms with Gasteiger partial charge in [0.1, 0.15) is 12.1 Å². The fourth-order valence-corrected chi connectivity index (χ4v) is 2.61. The quantitative estimate of drug-likeness (QED) is 0.712. The lowest BCUT2D eigenvalue weighted by molar-refractivity contribution is 0.0360. The minimum absolute atomic E-state index is 0.696. The molecule has 23 heavy (non-hydrogen) atoms. The second kappa shape index (κ2) is 6.31. The molecule has 0 radical (unpaired) electrons. The van der Waals surface area contributed by atoms with Crippen LogP contribution in [0.2, 0.25) is 0 Å². The highest BCUT2D eigenvalue weighted by Crippen LogP contribution is 2.19. The Kier molecular flexibility index (Phi) is 3.86. The van der Waals surface area contributed by atoms with Crippen LogP contribution in [0.15, 0.2) is 24.8 Å². The topological polar surface area (TPSA) is 96.8 Å². The van der Waals surface area contributed by atoms with Crippen LogP contribution in [-0.4, -0.2) is 67.7 Å². The molecule has 0 unspecified atom stereocenters. The average Bonchev–Trinajstić information content (AvgIpc) is 3.23. The second-order valence-corrected chi connectivity index (χ2v) is 5.40. The van der Waals surface area contributed by atoms with Crippen LogP contribution in [0.25, 0.3) is 11.0 Å². The molecule has 1 aliphatic heterocycles. The summed E-state index contributed by atoms with van der Waals surface area (Å²) in [7, 11) is 0. The Morgan fingerprint density at radius 3 is 3.04 bits per heavy atom. The Hall–Kier alpha value is -2.52. The minimum atomic E-state index is 0.696. The van der Waals surface area contributed by atoms with E-state index in [0.29, 0.717) is 11.5 Å². The fourth-order valence-electron chi connectivity index (χ4n) is 2.61. The van der Waals surface area contributed by atoms with E-state index < -0.39 is 0 Å². The van der Waals surface area contributed by atoms with Crippen molar-refractivity contribution in [3.8, 4) is 0 Å². The number of fused-ring (bicyclic) bond motifs is 1. The first-order chi connectivity index (χ1) is 11.4. The van der Waals surface area contributed by atoms with Crippen molar-refractivity contribution in [2.45, 2.75) is 6.54 Å². The third kappa shape index (κ3) is 3.15. The number of H-pyrrole nitrogens is 1. The number of hydrogen-bond donors (Lipinski definition) is 2. The molecule has 0 atom stereocenters. The summed E-state index contributed by atoms with van der Waals surface area (Å²) in [4.78, 5) is 10.8. The van der Waals surface area contributed by atoms with E-state index >= 15 is 0 Å². The zero-order chi connectivity index (χ0) is 15.5. The van der Waals surface area contributed by atoms with Gasteiger partial charge in [0, 0.05) is 31.9 Å². The van der Waals surface area contributed by atoms with Gasteiger partial charge in [0.15, 0.2) is 11.5 Å². The van der Waals surface area contributed by atoms with Crippen molar-refractivity contribution in [3.05, 3.63) is 24.8 Å². The van der Waals surface area contributed by atoms with E-state index in [0.717, 1.165) is 50.6 Å². The number of nitrogens with zero attached hydrogens (tertiary/aromatic N) is 6. The van der Waals surface area contributed by atoms with Crippen LogP contribution in [0.5, 0.6) is 0 Å². The van der Waals surface area contributed by atoms with E-state index in [9.17, 15) is 0 Å². The van der Waals surface area contributed by atoms with Crippen LogP contribution >= 0.6 is 0 Å². The molecule has 0 spiro atoms. The largest absolute Gasteiger partial charge is 0.379 e. The van der Waals surface area contributed by atoms with Gasteiger partial charge in [-0.3, -0.25) is 14.7 Å². The maximum Gasteiger partial charge on any atom is 0.160 e. The first kappa shape index (κ1) is 14.1. The second-order valence-electron chi connectivity index (χ2n) is 5.40. The smallest absolute Gasteiger partial charge is 0.160 e. The molecule has 120 valence electrons. The van der Waals surface area contributed by atoms with E-state index in [1.165, 1.54) is 6.33 Å². The lowest BCUT2D eigenvalue weighted by Crippen LogP contribution is -2.38.